The van der Waals surface area contributed by atoms with Crippen molar-refractivity contribution >= 4 is 27.6 Å². The topological polar surface area (TPSA) is 0 Å². The van der Waals surface area contributed by atoms with E-state index in [1.165, 1.54) is 160 Å². The fourth-order valence-electron chi connectivity index (χ4n) is 5.28. The summed E-state index contributed by atoms with van der Waals surface area (Å²) in [5.74, 6) is 0. The van der Waals surface area contributed by atoms with Gasteiger partial charge in [0.1, 0.15) is 0 Å². The van der Waals surface area contributed by atoms with Gasteiger partial charge in [0.05, 0.1) is 0 Å². The van der Waals surface area contributed by atoms with Gasteiger partial charge in [0, 0.05) is 0 Å². The Morgan fingerprint density at radius 3 is 0.947 bits per heavy atom. The number of benzene rings is 2. The Bertz CT molecular complexity index is 714. The molecule has 2 aromatic rings. The minimum atomic E-state index is -1.80. The van der Waals surface area contributed by atoms with E-state index in [0.29, 0.717) is 0 Å². The summed E-state index contributed by atoms with van der Waals surface area (Å²) in [6, 6.07) is 18.5. The number of hydrogen-bond acceptors (Lipinski definition) is 0. The van der Waals surface area contributed by atoms with Crippen LogP contribution in [0.15, 0.2) is 48.5 Å². The second kappa shape index (κ2) is 23.2. The molecule has 0 saturated carbocycles. The molecule has 0 aliphatic carbocycles. The molecule has 0 fully saturated rings. The summed E-state index contributed by atoms with van der Waals surface area (Å²) in [6.45, 7) is 4.59. The molecule has 216 valence electrons. The number of halogens is 2. The quantitative estimate of drug-likeness (QED) is 0.0782. The third-order valence-corrected chi connectivity index (χ3v) is 13.7. The Balaban J connectivity index is 1.57. The van der Waals surface area contributed by atoms with Crippen molar-refractivity contribution in [3.63, 3.8) is 0 Å². The Morgan fingerprint density at radius 2 is 0.658 bits per heavy atom. The molecule has 0 unspecified atom stereocenters. The molecule has 2 rings (SSSR count). The number of rotatable bonds is 24. The van der Waals surface area contributed by atoms with Crippen molar-refractivity contribution in [2.24, 2.45) is 0 Å². The van der Waals surface area contributed by atoms with Gasteiger partial charge in [-0.15, -0.1) is 0 Å². The van der Waals surface area contributed by atoms with Crippen LogP contribution in [0.5, 0.6) is 0 Å². The van der Waals surface area contributed by atoms with E-state index in [0.717, 1.165) is 0 Å². The van der Waals surface area contributed by atoms with Gasteiger partial charge < -0.3 is 0 Å². The SMILES string of the molecule is CCCCCCCCCCCCc1ccc(I(Cl)c2ccc(CCCCCCCCCCCC)cc2)cc1. The molecule has 0 bridgehead atoms. The summed E-state index contributed by atoms with van der Waals surface area (Å²) in [7, 11) is 7.02. The monoisotopic (exact) mass is 652 g/mol. The van der Waals surface area contributed by atoms with Crippen molar-refractivity contribution in [3.05, 3.63) is 66.8 Å². The average Bonchev–Trinajstić information content (AvgIpc) is 2.95. The first-order chi connectivity index (χ1) is 18.7. The van der Waals surface area contributed by atoms with Gasteiger partial charge in [-0.25, -0.2) is 0 Å². The summed E-state index contributed by atoms with van der Waals surface area (Å²) in [4.78, 5) is 0. The minimum absolute atomic E-state index is 1.21. The van der Waals surface area contributed by atoms with Crippen LogP contribution in [0.25, 0.3) is 0 Å². The van der Waals surface area contributed by atoms with Gasteiger partial charge in [-0.3, -0.25) is 0 Å². The van der Waals surface area contributed by atoms with Gasteiger partial charge in [-0.2, -0.15) is 0 Å². The van der Waals surface area contributed by atoms with Gasteiger partial charge in [0.2, 0.25) is 0 Å². The van der Waals surface area contributed by atoms with Crippen molar-refractivity contribution in [1.82, 2.24) is 0 Å². The molecule has 0 amide bonds. The Kier molecular flexibility index (Phi) is 20.5. The van der Waals surface area contributed by atoms with Gasteiger partial charge in [0.15, 0.2) is 0 Å². The van der Waals surface area contributed by atoms with Crippen LogP contribution in [0.4, 0.5) is 0 Å². The first-order valence-corrected chi connectivity index (χ1v) is 21.2. The third kappa shape index (κ3) is 15.9. The predicted molar refractivity (Wildman–Crippen MR) is 181 cm³/mol. The summed E-state index contributed by atoms with van der Waals surface area (Å²) in [5, 5.41) is 0. The first-order valence-electron chi connectivity index (χ1n) is 16.3. The number of aryl methyl sites for hydroxylation is 2. The van der Waals surface area contributed by atoms with Crippen LogP contribution in [0.1, 0.15) is 153 Å². The van der Waals surface area contributed by atoms with Crippen molar-refractivity contribution in [2.45, 2.75) is 155 Å². The zero-order valence-electron chi connectivity index (χ0n) is 24.9. The summed E-state index contributed by atoms with van der Waals surface area (Å²) in [6.07, 6.45) is 30.5. The zero-order valence-corrected chi connectivity index (χ0v) is 27.8. The van der Waals surface area contributed by atoms with E-state index >= 15 is 0 Å². The molecule has 2 aromatic carbocycles. The fourth-order valence-corrected chi connectivity index (χ4v) is 9.26. The van der Waals surface area contributed by atoms with Crippen LogP contribution < -0.4 is 0 Å². The van der Waals surface area contributed by atoms with Gasteiger partial charge >= 0.3 is 197 Å². The van der Waals surface area contributed by atoms with Crippen LogP contribution in [0, 0.1) is 7.14 Å². The molecular formula is C36H58ClI. The third-order valence-electron chi connectivity index (χ3n) is 7.85. The molecular weight excluding hydrogens is 595 g/mol. The molecule has 2 heteroatoms. The first kappa shape index (κ1) is 33.7. The molecule has 0 aromatic heterocycles. The van der Waals surface area contributed by atoms with E-state index in [4.69, 9.17) is 8.91 Å². The zero-order chi connectivity index (χ0) is 27.1. The van der Waals surface area contributed by atoms with Crippen LogP contribution in [0.2, 0.25) is 0 Å². The second-order valence-corrected chi connectivity index (χ2v) is 17.1. The molecule has 38 heavy (non-hydrogen) atoms. The van der Waals surface area contributed by atoms with Crippen molar-refractivity contribution in [1.29, 1.82) is 0 Å². The van der Waals surface area contributed by atoms with Crippen molar-refractivity contribution in [2.75, 3.05) is 0 Å². The molecule has 0 radical (unpaired) electrons. The molecule has 0 saturated heterocycles. The van der Waals surface area contributed by atoms with E-state index in [1.54, 1.807) is 0 Å². The summed E-state index contributed by atoms with van der Waals surface area (Å²) in [5.41, 5.74) is 2.95. The van der Waals surface area contributed by atoms with Crippen LogP contribution >= 0.6 is 27.6 Å². The maximum absolute atomic E-state index is 7.02. The summed E-state index contributed by atoms with van der Waals surface area (Å²) >= 11 is -1.80. The van der Waals surface area contributed by atoms with E-state index in [-0.39, 0.29) is 0 Å². The van der Waals surface area contributed by atoms with E-state index in [1.807, 2.05) is 0 Å². The Morgan fingerprint density at radius 1 is 0.395 bits per heavy atom. The fraction of sp³-hybridized carbons (Fsp3) is 0.667. The number of hydrogen-bond donors (Lipinski definition) is 0. The average molecular weight is 653 g/mol. The standard InChI is InChI=1S/C36H58ClI/c1-3-5-7-9-11-13-15-17-19-21-23-33-25-29-35(30-26-33)38(37)36-31-27-34(28-32-36)24-22-20-18-16-14-12-10-8-6-4-2/h25-32H,3-24H2,1-2H3. The van der Waals surface area contributed by atoms with Crippen LogP contribution in [0.3, 0.4) is 0 Å². The molecule has 0 aliphatic rings. The molecule has 0 spiro atoms. The predicted octanol–water partition coefficient (Wildman–Crippen LogP) is 13.3. The Labute approximate surface area is 248 Å². The van der Waals surface area contributed by atoms with Crippen LogP contribution in [-0.4, -0.2) is 0 Å². The normalized spacial score (nSPS) is 11.7. The molecule has 0 nitrogen and oxygen atoms in total. The second-order valence-electron chi connectivity index (χ2n) is 11.4. The molecule has 0 heterocycles. The van der Waals surface area contributed by atoms with E-state index < -0.39 is 18.7 Å². The molecule has 0 N–H and O–H groups in total. The summed E-state index contributed by atoms with van der Waals surface area (Å²) < 4.78 is 2.73. The van der Waals surface area contributed by atoms with Crippen molar-refractivity contribution < 1.29 is 0 Å². The number of unbranched alkanes of at least 4 members (excludes halogenated alkanes) is 18. The maximum atomic E-state index is 7.02. The van der Waals surface area contributed by atoms with E-state index in [2.05, 4.69) is 62.4 Å². The van der Waals surface area contributed by atoms with Gasteiger partial charge in [-0.05, 0) is 0 Å². The molecule has 0 aliphatic heterocycles. The van der Waals surface area contributed by atoms with Crippen molar-refractivity contribution in [3.8, 4) is 0 Å². The van der Waals surface area contributed by atoms with Gasteiger partial charge in [-0.1, -0.05) is 52.4 Å². The Hall–Kier alpha value is -0.540. The van der Waals surface area contributed by atoms with Crippen LogP contribution in [-0.2, 0) is 12.8 Å². The van der Waals surface area contributed by atoms with E-state index in [9.17, 15) is 0 Å². The molecule has 0 atom stereocenters. The van der Waals surface area contributed by atoms with Gasteiger partial charge in [0.25, 0.3) is 0 Å².